The van der Waals surface area contributed by atoms with Gasteiger partial charge in [0, 0.05) is 12.7 Å². The maximum Gasteiger partial charge on any atom is 0.266 e. The van der Waals surface area contributed by atoms with Crippen molar-refractivity contribution in [3.05, 3.63) is 49.6 Å². The highest BCUT2D eigenvalue weighted by Gasteiger charge is 2.32. The van der Waals surface area contributed by atoms with Crippen molar-refractivity contribution in [1.29, 1.82) is 0 Å². The molecule has 0 saturated heterocycles. The van der Waals surface area contributed by atoms with E-state index in [9.17, 15) is 14.4 Å². The lowest BCUT2D eigenvalue weighted by molar-refractivity contribution is 0.0693. The summed E-state index contributed by atoms with van der Waals surface area (Å²) in [6.07, 6.45) is 1.29. The van der Waals surface area contributed by atoms with Crippen molar-refractivity contribution in [2.24, 2.45) is 0 Å². The predicted molar refractivity (Wildman–Crippen MR) is 83.7 cm³/mol. The van der Waals surface area contributed by atoms with Crippen molar-refractivity contribution in [2.75, 3.05) is 12.4 Å². The Bertz CT molecular complexity index is 830. The number of nitrogens with zero attached hydrogens (tertiary/aromatic N) is 2. The molecule has 0 aliphatic carbocycles. The summed E-state index contributed by atoms with van der Waals surface area (Å²) < 4.78 is 0.412. The normalized spacial score (nSPS) is 13.5. The van der Waals surface area contributed by atoms with Gasteiger partial charge in [-0.1, -0.05) is 0 Å². The van der Waals surface area contributed by atoms with Crippen LogP contribution in [0.25, 0.3) is 0 Å². The molecule has 2 N–H and O–H groups in total. The van der Waals surface area contributed by atoms with Crippen LogP contribution in [0.4, 0.5) is 11.5 Å². The molecule has 0 spiro atoms. The first-order valence-corrected chi connectivity index (χ1v) is 7.03. The van der Waals surface area contributed by atoms with Crippen molar-refractivity contribution >= 4 is 45.9 Å². The molecule has 1 aliphatic rings. The number of hydrogen-bond acceptors (Lipinski definition) is 5. The highest BCUT2D eigenvalue weighted by atomic mass is 127. The number of halogens is 1. The van der Waals surface area contributed by atoms with Crippen molar-refractivity contribution < 1.29 is 9.59 Å². The first kappa shape index (κ1) is 13.7. The third-order valence-electron chi connectivity index (χ3n) is 3.15. The zero-order valence-corrected chi connectivity index (χ0v) is 13.0. The van der Waals surface area contributed by atoms with Crippen LogP contribution in [0.1, 0.15) is 20.7 Å². The summed E-state index contributed by atoms with van der Waals surface area (Å²) in [4.78, 5) is 42.8. The molecular formula is C13H9IN4O3. The van der Waals surface area contributed by atoms with Gasteiger partial charge in [-0.05, 0) is 40.8 Å². The molecule has 21 heavy (non-hydrogen) atoms. The number of amides is 2. The Balaban J connectivity index is 2.00. The number of anilines is 2. The van der Waals surface area contributed by atoms with Crippen LogP contribution in [0, 0.1) is 3.57 Å². The molecule has 3 rings (SSSR count). The van der Waals surface area contributed by atoms with E-state index in [-0.39, 0.29) is 17.4 Å². The van der Waals surface area contributed by atoms with Gasteiger partial charge < -0.3 is 10.3 Å². The second-order valence-electron chi connectivity index (χ2n) is 4.45. The van der Waals surface area contributed by atoms with E-state index in [4.69, 9.17) is 0 Å². The van der Waals surface area contributed by atoms with Crippen LogP contribution in [0.5, 0.6) is 0 Å². The monoisotopic (exact) mass is 396 g/mol. The van der Waals surface area contributed by atoms with Crippen LogP contribution in [0.15, 0.2) is 29.3 Å². The topological polar surface area (TPSA) is 95.2 Å². The van der Waals surface area contributed by atoms with Gasteiger partial charge in [-0.3, -0.25) is 19.3 Å². The van der Waals surface area contributed by atoms with Crippen LogP contribution in [-0.4, -0.2) is 33.7 Å². The molecule has 1 aliphatic heterocycles. The van der Waals surface area contributed by atoms with Gasteiger partial charge in [-0.2, -0.15) is 0 Å². The maximum atomic E-state index is 11.9. The molecule has 7 nitrogen and oxygen atoms in total. The van der Waals surface area contributed by atoms with Crippen LogP contribution in [0.2, 0.25) is 0 Å². The summed E-state index contributed by atoms with van der Waals surface area (Å²) in [5.74, 6) is -0.262. The van der Waals surface area contributed by atoms with Gasteiger partial charge in [0.2, 0.25) is 0 Å². The number of rotatable bonds is 2. The van der Waals surface area contributed by atoms with Gasteiger partial charge in [-0.25, -0.2) is 4.98 Å². The zero-order chi connectivity index (χ0) is 15.1. The average Bonchev–Trinajstić information content (AvgIpc) is 2.69. The second kappa shape index (κ2) is 4.95. The minimum atomic E-state index is -0.341. The Labute approximate surface area is 132 Å². The largest absolute Gasteiger partial charge is 0.339 e. The molecule has 0 bridgehead atoms. The van der Waals surface area contributed by atoms with Gasteiger partial charge in [0.05, 0.1) is 17.5 Å². The third kappa shape index (κ3) is 2.20. The molecule has 0 radical (unpaired) electrons. The van der Waals surface area contributed by atoms with E-state index >= 15 is 0 Å². The van der Waals surface area contributed by atoms with Gasteiger partial charge >= 0.3 is 0 Å². The molecule has 0 fully saturated rings. The van der Waals surface area contributed by atoms with Gasteiger partial charge in [-0.15, -0.1) is 0 Å². The average molecular weight is 396 g/mol. The molecule has 2 heterocycles. The second-order valence-corrected chi connectivity index (χ2v) is 5.53. The number of hydrogen-bond donors (Lipinski definition) is 2. The highest BCUT2D eigenvalue weighted by molar-refractivity contribution is 14.1. The first-order chi connectivity index (χ1) is 9.99. The predicted octanol–water partition coefficient (Wildman–Crippen LogP) is 1.34. The van der Waals surface area contributed by atoms with Crippen molar-refractivity contribution in [3.8, 4) is 0 Å². The minimum absolute atomic E-state index is 0.250. The third-order valence-corrected chi connectivity index (χ3v) is 4.15. The van der Waals surface area contributed by atoms with Crippen LogP contribution in [-0.2, 0) is 0 Å². The van der Waals surface area contributed by atoms with Crippen molar-refractivity contribution in [3.63, 3.8) is 0 Å². The molecule has 2 amide bonds. The smallest absolute Gasteiger partial charge is 0.266 e. The number of carbonyl (C=O) groups excluding carboxylic acids is 2. The number of carbonyl (C=O) groups is 2. The summed E-state index contributed by atoms with van der Waals surface area (Å²) in [5.41, 5.74) is 1.05. The lowest BCUT2D eigenvalue weighted by atomic mass is 10.1. The van der Waals surface area contributed by atoms with Crippen molar-refractivity contribution in [2.45, 2.75) is 0 Å². The van der Waals surface area contributed by atoms with E-state index in [1.807, 2.05) is 22.6 Å². The summed E-state index contributed by atoms with van der Waals surface area (Å²) in [6.45, 7) is 0. The summed E-state index contributed by atoms with van der Waals surface area (Å²) in [7, 11) is 1.44. The molecule has 1 aromatic heterocycles. The van der Waals surface area contributed by atoms with E-state index in [1.54, 1.807) is 18.2 Å². The summed E-state index contributed by atoms with van der Waals surface area (Å²) in [5, 5.41) is 2.97. The Morgan fingerprint density at radius 3 is 2.67 bits per heavy atom. The number of fused-ring (bicyclic) bond motifs is 1. The van der Waals surface area contributed by atoms with Gasteiger partial charge in [0.15, 0.2) is 5.82 Å². The number of H-pyrrole nitrogens is 1. The molecule has 1 aromatic carbocycles. The molecule has 106 valence electrons. The van der Waals surface area contributed by atoms with Crippen LogP contribution in [0.3, 0.4) is 0 Å². The molecule has 2 aromatic rings. The van der Waals surface area contributed by atoms with Crippen LogP contribution < -0.4 is 10.9 Å². The Morgan fingerprint density at radius 2 is 1.90 bits per heavy atom. The molecule has 0 unspecified atom stereocenters. The molecular weight excluding hydrogens is 387 g/mol. The van der Waals surface area contributed by atoms with E-state index in [0.717, 1.165) is 4.90 Å². The Kier molecular flexibility index (Phi) is 3.24. The quantitative estimate of drug-likeness (QED) is 0.590. The Morgan fingerprint density at radius 1 is 1.19 bits per heavy atom. The standard InChI is InChI=1S/C13H9IN4O3/c1-18-12(20)7-3-2-6(4-8(7)13(18)21)17-10-9(14)11(19)16-5-15-10/h2-5H,1H3,(H2,15,16,17,19). The lowest BCUT2D eigenvalue weighted by Gasteiger charge is -2.07. The number of imide groups is 1. The van der Waals surface area contributed by atoms with Gasteiger partial charge in [0.1, 0.15) is 3.57 Å². The fourth-order valence-electron chi connectivity index (χ4n) is 2.05. The summed E-state index contributed by atoms with van der Waals surface area (Å²) >= 11 is 1.88. The maximum absolute atomic E-state index is 11.9. The highest BCUT2D eigenvalue weighted by Crippen LogP contribution is 2.26. The fraction of sp³-hybridized carbons (Fsp3) is 0.0769. The van der Waals surface area contributed by atoms with Crippen molar-refractivity contribution in [1.82, 2.24) is 14.9 Å². The number of aromatic amines is 1. The van der Waals surface area contributed by atoms with E-state index in [1.165, 1.54) is 13.4 Å². The lowest BCUT2D eigenvalue weighted by Crippen LogP contribution is -2.24. The zero-order valence-electron chi connectivity index (χ0n) is 10.8. The number of nitrogens with one attached hydrogen (secondary N) is 2. The fourth-order valence-corrected chi connectivity index (χ4v) is 2.48. The van der Waals surface area contributed by atoms with E-state index in [0.29, 0.717) is 26.2 Å². The van der Waals surface area contributed by atoms with Gasteiger partial charge in [0.25, 0.3) is 17.4 Å². The number of benzene rings is 1. The minimum Gasteiger partial charge on any atom is -0.339 e. The molecule has 0 atom stereocenters. The summed E-state index contributed by atoms with van der Waals surface area (Å²) in [6, 6.07) is 4.83. The van der Waals surface area contributed by atoms with Crippen LogP contribution >= 0.6 is 22.6 Å². The molecule has 0 saturated carbocycles. The molecule has 8 heteroatoms. The number of aromatic nitrogens is 2. The first-order valence-electron chi connectivity index (χ1n) is 5.95. The SMILES string of the molecule is CN1C(=O)c2ccc(Nc3nc[nH]c(=O)c3I)cc2C1=O. The van der Waals surface area contributed by atoms with E-state index in [2.05, 4.69) is 15.3 Å². The Hall–Kier alpha value is -2.23. The van der Waals surface area contributed by atoms with E-state index < -0.39 is 0 Å².